The van der Waals surface area contributed by atoms with Gasteiger partial charge < -0.3 is 14.5 Å². The van der Waals surface area contributed by atoms with E-state index in [0.29, 0.717) is 5.75 Å². The molecule has 112 valence electrons. The van der Waals surface area contributed by atoms with Crippen LogP contribution in [0.15, 0.2) is 24.3 Å². The van der Waals surface area contributed by atoms with E-state index in [1.165, 1.54) is 6.42 Å². The van der Waals surface area contributed by atoms with Crippen LogP contribution in [0.4, 0.5) is 5.69 Å². The van der Waals surface area contributed by atoms with Crippen molar-refractivity contribution in [2.75, 3.05) is 25.0 Å². The van der Waals surface area contributed by atoms with Gasteiger partial charge in [-0.1, -0.05) is 12.1 Å². The van der Waals surface area contributed by atoms with Crippen LogP contribution >= 0.6 is 0 Å². The zero-order valence-electron chi connectivity index (χ0n) is 12.2. The lowest BCUT2D eigenvalue weighted by atomic mass is 10.1. The predicted molar refractivity (Wildman–Crippen MR) is 79.3 cm³/mol. The van der Waals surface area contributed by atoms with Crippen LogP contribution in [0.5, 0.6) is 5.75 Å². The molecule has 1 atom stereocenters. The van der Waals surface area contributed by atoms with Crippen LogP contribution in [0, 0.1) is 0 Å². The van der Waals surface area contributed by atoms with E-state index in [4.69, 9.17) is 4.74 Å². The van der Waals surface area contributed by atoms with Crippen molar-refractivity contribution in [1.29, 1.82) is 0 Å². The molecular formula is C16H20N2O3. The number of likely N-dealkylation sites (tertiary alicyclic amines) is 1. The van der Waals surface area contributed by atoms with Gasteiger partial charge in [0.15, 0.2) is 6.10 Å². The van der Waals surface area contributed by atoms with Crippen molar-refractivity contribution in [3.05, 3.63) is 24.3 Å². The molecule has 0 bridgehead atoms. The van der Waals surface area contributed by atoms with Crippen molar-refractivity contribution in [1.82, 2.24) is 4.90 Å². The fraction of sp³-hybridized carbons (Fsp3) is 0.500. The third-order valence-corrected chi connectivity index (χ3v) is 4.17. The van der Waals surface area contributed by atoms with Crippen LogP contribution in [0.3, 0.4) is 0 Å². The largest absolute Gasteiger partial charge is 0.478 e. The van der Waals surface area contributed by atoms with E-state index >= 15 is 0 Å². The highest BCUT2D eigenvalue weighted by atomic mass is 16.5. The van der Waals surface area contributed by atoms with E-state index in [9.17, 15) is 9.59 Å². The zero-order chi connectivity index (χ0) is 14.8. The Hall–Kier alpha value is -2.04. The second-order valence-corrected chi connectivity index (χ2v) is 5.62. The van der Waals surface area contributed by atoms with Crippen molar-refractivity contribution in [3.8, 4) is 5.75 Å². The summed E-state index contributed by atoms with van der Waals surface area (Å²) in [4.78, 5) is 28.1. The van der Waals surface area contributed by atoms with E-state index in [2.05, 4.69) is 0 Å². The van der Waals surface area contributed by atoms with Gasteiger partial charge in [0.1, 0.15) is 5.75 Å². The van der Waals surface area contributed by atoms with Gasteiger partial charge in [-0.05, 0) is 31.4 Å². The van der Waals surface area contributed by atoms with Gasteiger partial charge in [0.2, 0.25) is 5.91 Å². The van der Waals surface area contributed by atoms with Crippen LogP contribution < -0.4 is 9.64 Å². The molecule has 5 heteroatoms. The number of piperidine rings is 1. The molecule has 21 heavy (non-hydrogen) atoms. The lowest BCUT2D eigenvalue weighted by Crippen LogP contribution is -2.47. The van der Waals surface area contributed by atoms with Gasteiger partial charge in [-0.3, -0.25) is 9.59 Å². The summed E-state index contributed by atoms with van der Waals surface area (Å²) in [5.74, 6) is 0.524. The van der Waals surface area contributed by atoms with Gasteiger partial charge in [0, 0.05) is 20.1 Å². The monoisotopic (exact) mass is 288 g/mol. The molecule has 1 aromatic rings. The minimum atomic E-state index is -0.709. The van der Waals surface area contributed by atoms with Crippen LogP contribution in [-0.4, -0.2) is 43.0 Å². The van der Waals surface area contributed by atoms with Gasteiger partial charge in [-0.15, -0.1) is 0 Å². The fourth-order valence-corrected chi connectivity index (χ4v) is 2.93. The molecule has 0 radical (unpaired) electrons. The highest BCUT2D eigenvalue weighted by Gasteiger charge is 2.34. The maximum atomic E-state index is 12.3. The number of amides is 2. The average Bonchev–Trinajstić information content (AvgIpc) is 2.53. The minimum Gasteiger partial charge on any atom is -0.478 e. The summed E-state index contributed by atoms with van der Waals surface area (Å²) in [5, 5.41) is 0. The quantitative estimate of drug-likeness (QED) is 0.834. The molecule has 2 amide bonds. The first-order chi connectivity index (χ1) is 10.2. The summed E-state index contributed by atoms with van der Waals surface area (Å²) in [7, 11) is 1.72. The van der Waals surface area contributed by atoms with Gasteiger partial charge in [-0.25, -0.2) is 0 Å². The van der Waals surface area contributed by atoms with Crippen molar-refractivity contribution in [2.24, 2.45) is 0 Å². The van der Waals surface area contributed by atoms with Crippen LogP contribution in [0.2, 0.25) is 0 Å². The molecule has 5 nitrogen and oxygen atoms in total. The smallest absolute Gasteiger partial charge is 0.268 e. The highest BCUT2D eigenvalue weighted by Crippen LogP contribution is 2.33. The maximum absolute atomic E-state index is 12.3. The van der Waals surface area contributed by atoms with Crippen molar-refractivity contribution in [3.63, 3.8) is 0 Å². The Bertz CT molecular complexity index is 552. The highest BCUT2D eigenvalue weighted by molar-refractivity contribution is 6.01. The number of benzene rings is 1. The third-order valence-electron chi connectivity index (χ3n) is 4.17. The summed E-state index contributed by atoms with van der Waals surface area (Å²) < 4.78 is 5.74. The molecule has 2 heterocycles. The number of fused-ring (bicyclic) bond motifs is 1. The Kier molecular flexibility index (Phi) is 3.82. The molecule has 1 unspecified atom stereocenters. The molecule has 0 spiro atoms. The van der Waals surface area contributed by atoms with Gasteiger partial charge in [-0.2, -0.15) is 0 Å². The summed E-state index contributed by atoms with van der Waals surface area (Å²) in [6, 6.07) is 7.41. The third kappa shape index (κ3) is 2.73. The predicted octanol–water partition coefficient (Wildman–Crippen LogP) is 1.81. The Labute approximate surface area is 124 Å². The lowest BCUT2D eigenvalue weighted by Gasteiger charge is -2.33. The van der Waals surface area contributed by atoms with Gasteiger partial charge in [0.25, 0.3) is 5.91 Å². The summed E-state index contributed by atoms with van der Waals surface area (Å²) in [6.45, 7) is 1.60. The zero-order valence-corrected chi connectivity index (χ0v) is 12.2. The van der Waals surface area contributed by atoms with Gasteiger partial charge >= 0.3 is 0 Å². The average molecular weight is 288 g/mol. The second kappa shape index (κ2) is 5.76. The number of para-hydroxylation sites is 2. The van der Waals surface area contributed by atoms with E-state index in [1.54, 1.807) is 11.9 Å². The fourth-order valence-electron chi connectivity index (χ4n) is 2.93. The normalized spacial score (nSPS) is 21.8. The van der Waals surface area contributed by atoms with E-state index in [0.717, 1.165) is 31.6 Å². The molecule has 1 aromatic carbocycles. The van der Waals surface area contributed by atoms with Crippen molar-refractivity contribution >= 4 is 17.5 Å². The first-order valence-corrected chi connectivity index (χ1v) is 7.48. The van der Waals surface area contributed by atoms with E-state index < -0.39 is 6.10 Å². The number of hydrogen-bond acceptors (Lipinski definition) is 3. The molecular weight excluding hydrogens is 268 g/mol. The number of likely N-dealkylation sites (N-methyl/N-ethyl adjacent to an activating group) is 1. The van der Waals surface area contributed by atoms with E-state index in [1.807, 2.05) is 29.2 Å². The molecule has 0 aliphatic carbocycles. The Morgan fingerprint density at radius 1 is 1.24 bits per heavy atom. The van der Waals surface area contributed by atoms with Crippen molar-refractivity contribution in [2.45, 2.75) is 31.8 Å². The Balaban J connectivity index is 1.71. The summed E-state index contributed by atoms with van der Waals surface area (Å²) in [6.07, 6.45) is 2.69. The van der Waals surface area contributed by atoms with Crippen LogP contribution in [0.1, 0.15) is 25.7 Å². The number of hydrogen-bond donors (Lipinski definition) is 0. The Morgan fingerprint density at radius 2 is 1.95 bits per heavy atom. The molecule has 1 saturated heterocycles. The number of carbonyl (C=O) groups excluding carboxylic acids is 2. The minimum absolute atomic E-state index is 0.0147. The first-order valence-electron chi connectivity index (χ1n) is 7.48. The number of ether oxygens (including phenoxy) is 1. The SMILES string of the molecule is CN1C(=O)C(CC(=O)N2CCCCC2)Oc2ccccc21. The molecule has 0 saturated carbocycles. The van der Waals surface area contributed by atoms with Crippen LogP contribution in [-0.2, 0) is 9.59 Å². The number of nitrogens with zero attached hydrogens (tertiary/aromatic N) is 2. The van der Waals surface area contributed by atoms with Gasteiger partial charge in [0.05, 0.1) is 12.1 Å². The molecule has 0 N–H and O–H groups in total. The maximum Gasteiger partial charge on any atom is 0.268 e. The van der Waals surface area contributed by atoms with Crippen LogP contribution in [0.25, 0.3) is 0 Å². The number of anilines is 1. The summed E-state index contributed by atoms with van der Waals surface area (Å²) in [5.41, 5.74) is 0.754. The first kappa shape index (κ1) is 13.9. The summed E-state index contributed by atoms with van der Waals surface area (Å²) >= 11 is 0. The second-order valence-electron chi connectivity index (χ2n) is 5.62. The van der Waals surface area contributed by atoms with E-state index in [-0.39, 0.29) is 18.2 Å². The molecule has 3 rings (SSSR count). The standard InChI is InChI=1S/C16H20N2O3/c1-17-12-7-3-4-8-13(12)21-14(16(17)20)11-15(19)18-9-5-2-6-10-18/h3-4,7-8,14H,2,5-6,9-11H2,1H3. The lowest BCUT2D eigenvalue weighted by molar-refractivity contribution is -0.138. The molecule has 0 aromatic heterocycles. The molecule has 2 aliphatic heterocycles. The molecule has 1 fully saturated rings. The number of rotatable bonds is 2. The Morgan fingerprint density at radius 3 is 2.71 bits per heavy atom. The topological polar surface area (TPSA) is 49.9 Å². The molecule has 2 aliphatic rings. The number of carbonyl (C=O) groups is 2. The van der Waals surface area contributed by atoms with Crippen molar-refractivity contribution < 1.29 is 14.3 Å².